The Morgan fingerprint density at radius 3 is 2.47 bits per heavy atom. The third-order valence-electron chi connectivity index (χ3n) is 6.72. The topological polar surface area (TPSA) is 77.6 Å². The Labute approximate surface area is 218 Å². The summed E-state index contributed by atoms with van der Waals surface area (Å²) >= 11 is 6.27. The molecule has 2 aromatic carbocycles. The summed E-state index contributed by atoms with van der Waals surface area (Å²) in [5.74, 6) is -0.718. The van der Waals surface area contributed by atoms with Crippen molar-refractivity contribution in [2.24, 2.45) is 5.73 Å². The average Bonchev–Trinajstić information content (AvgIpc) is 3.33. The molecule has 5 rings (SSSR count). The molecule has 1 aliphatic carbocycles. The van der Waals surface area contributed by atoms with E-state index in [4.69, 9.17) is 22.1 Å². The fourth-order valence-corrected chi connectivity index (χ4v) is 4.82. The normalized spacial score (nSPS) is 15.7. The van der Waals surface area contributed by atoms with Gasteiger partial charge in [-0.3, -0.25) is 9.59 Å². The van der Waals surface area contributed by atoms with Gasteiger partial charge in [-0.2, -0.15) is 0 Å². The molecule has 36 heavy (non-hydrogen) atoms. The first-order chi connectivity index (χ1) is 17.3. The number of ether oxygens (including phenoxy) is 1. The van der Waals surface area contributed by atoms with Gasteiger partial charge in [-0.15, -0.1) is 0 Å². The lowest BCUT2D eigenvalue weighted by molar-refractivity contribution is -0.114. The van der Waals surface area contributed by atoms with Crippen molar-refractivity contribution >= 4 is 34.2 Å². The minimum Gasteiger partial charge on any atom is -0.489 e. The van der Waals surface area contributed by atoms with Crippen molar-refractivity contribution in [3.05, 3.63) is 64.8 Å². The number of nitrogens with two attached hydrogens (primary N) is 1. The summed E-state index contributed by atoms with van der Waals surface area (Å²) in [7, 11) is 0. The Hall–Kier alpha value is -2.83. The number of primary amides is 1. The van der Waals surface area contributed by atoms with Crippen LogP contribution in [0.4, 0.5) is 0 Å². The zero-order valence-electron chi connectivity index (χ0n) is 21.2. The lowest BCUT2D eigenvalue weighted by Crippen LogP contribution is -2.22. The Bertz CT molecular complexity index is 1210. The minimum atomic E-state index is -0.923. The number of Topliss-reactive ketones (excluding diaryl/α,β-unsaturated/α-hetero) is 1. The van der Waals surface area contributed by atoms with Crippen LogP contribution in [0.15, 0.2) is 48.7 Å². The number of hydrogen-bond acceptors (Lipinski definition) is 4. The van der Waals surface area contributed by atoms with Gasteiger partial charge in [0.1, 0.15) is 5.75 Å². The molecule has 1 aliphatic heterocycles. The zero-order valence-corrected chi connectivity index (χ0v) is 22.0. The number of nitrogens with zero attached hydrogens (tertiary/aromatic N) is 2. The fourth-order valence-electron chi connectivity index (χ4n) is 4.57. The van der Waals surface area contributed by atoms with Crippen molar-refractivity contribution < 1.29 is 14.3 Å². The van der Waals surface area contributed by atoms with Crippen molar-refractivity contribution in [2.45, 2.75) is 64.5 Å². The summed E-state index contributed by atoms with van der Waals surface area (Å²) in [6.07, 6.45) is 9.81. The first-order valence-corrected chi connectivity index (χ1v) is 13.3. The molecule has 1 saturated carbocycles. The summed E-state index contributed by atoms with van der Waals surface area (Å²) in [6, 6.07) is 13.7. The molecule has 1 amide bonds. The number of amides is 1. The first-order valence-electron chi connectivity index (χ1n) is 12.9. The highest BCUT2D eigenvalue weighted by atomic mass is 35.5. The van der Waals surface area contributed by atoms with Gasteiger partial charge in [0.25, 0.3) is 5.91 Å². The van der Waals surface area contributed by atoms with Crippen LogP contribution in [0.1, 0.15) is 67.9 Å². The number of aryl methyl sites for hydroxylation is 1. The van der Waals surface area contributed by atoms with Crippen LogP contribution in [-0.2, 0) is 11.2 Å². The lowest BCUT2D eigenvalue weighted by Gasteiger charge is -2.14. The van der Waals surface area contributed by atoms with Crippen LogP contribution in [0.5, 0.6) is 5.75 Å². The van der Waals surface area contributed by atoms with Crippen molar-refractivity contribution in [2.75, 3.05) is 19.6 Å². The maximum Gasteiger partial charge on any atom is 0.289 e. The largest absolute Gasteiger partial charge is 0.489 e. The van der Waals surface area contributed by atoms with Crippen LogP contribution in [-0.4, -0.2) is 46.9 Å². The molecule has 0 radical (unpaired) electrons. The van der Waals surface area contributed by atoms with E-state index in [2.05, 4.69) is 35.4 Å². The van der Waals surface area contributed by atoms with Gasteiger partial charge in [0, 0.05) is 28.7 Å². The molecule has 2 heterocycles. The number of ketones is 1. The molecule has 3 aromatic rings. The highest BCUT2D eigenvalue weighted by molar-refractivity contribution is 6.42. The smallest absolute Gasteiger partial charge is 0.289 e. The van der Waals surface area contributed by atoms with Gasteiger partial charge >= 0.3 is 0 Å². The van der Waals surface area contributed by atoms with E-state index in [9.17, 15) is 9.59 Å². The van der Waals surface area contributed by atoms with Crippen molar-refractivity contribution in [1.82, 2.24) is 9.47 Å². The van der Waals surface area contributed by atoms with E-state index < -0.39 is 11.7 Å². The highest BCUT2D eigenvalue weighted by Crippen LogP contribution is 2.32. The predicted octanol–water partition coefficient (Wildman–Crippen LogP) is 5.80. The van der Waals surface area contributed by atoms with Gasteiger partial charge in [0.15, 0.2) is 0 Å². The monoisotopic (exact) mass is 509 g/mol. The molecule has 0 spiro atoms. The van der Waals surface area contributed by atoms with Gasteiger partial charge in [0.05, 0.1) is 11.1 Å². The molecule has 2 N–H and O–H groups in total. The van der Waals surface area contributed by atoms with Crippen LogP contribution >= 0.6 is 11.6 Å². The molecule has 0 bridgehead atoms. The van der Waals surface area contributed by atoms with Crippen LogP contribution < -0.4 is 10.5 Å². The molecule has 6 nitrogen and oxygen atoms in total. The maximum absolute atomic E-state index is 11.4. The minimum absolute atomic E-state index is 0.339. The molecule has 2 aliphatic rings. The number of carbonyl (C=O) groups is 2. The van der Waals surface area contributed by atoms with E-state index in [1.807, 2.05) is 24.4 Å². The second-order valence-corrected chi connectivity index (χ2v) is 10.4. The van der Waals surface area contributed by atoms with E-state index in [1.165, 1.54) is 57.3 Å². The van der Waals surface area contributed by atoms with E-state index in [0.29, 0.717) is 17.7 Å². The number of carbonyl (C=O) groups excluding carboxylic acids is 2. The van der Waals surface area contributed by atoms with Crippen LogP contribution in [0.25, 0.3) is 10.9 Å². The zero-order chi connectivity index (χ0) is 25.7. The summed E-state index contributed by atoms with van der Waals surface area (Å²) in [5, 5.41) is 1.70. The Morgan fingerprint density at radius 2 is 1.83 bits per heavy atom. The summed E-state index contributed by atoms with van der Waals surface area (Å²) in [5.41, 5.74) is 7.68. The first kappa shape index (κ1) is 26.2. The number of hydrogen-bond donors (Lipinski definition) is 1. The summed E-state index contributed by atoms with van der Waals surface area (Å²) < 4.78 is 7.86. The standard InChI is InChI=1S/C16H22ClNO.C13H14N2O2/c17-15-12-13(4-3-11-18-9-1-2-10-18)5-8-16(15)19-14-6-7-14;1-8(2)15-6-5-9-7-10(3-4-11(9)15)12(16)13(14)17/h5,8,12,14H,1-4,6-7,9-11H2;3-8H,1-2H3,(H2,14,17). The second kappa shape index (κ2) is 11.9. The molecular formula is C29H36ClN3O3. The highest BCUT2D eigenvalue weighted by Gasteiger charge is 2.24. The average molecular weight is 510 g/mol. The van der Waals surface area contributed by atoms with E-state index >= 15 is 0 Å². The second-order valence-electron chi connectivity index (χ2n) is 10.0. The van der Waals surface area contributed by atoms with Crippen molar-refractivity contribution in [1.29, 1.82) is 0 Å². The number of halogens is 1. The van der Waals surface area contributed by atoms with Crippen molar-refractivity contribution in [3.8, 4) is 5.75 Å². The molecular weight excluding hydrogens is 474 g/mol. The Kier molecular flexibility index (Phi) is 8.70. The number of rotatable bonds is 9. The third-order valence-corrected chi connectivity index (χ3v) is 7.01. The van der Waals surface area contributed by atoms with Crippen molar-refractivity contribution in [3.63, 3.8) is 0 Å². The maximum atomic E-state index is 11.4. The summed E-state index contributed by atoms with van der Waals surface area (Å²) in [6.45, 7) is 7.96. The molecule has 2 fully saturated rings. The van der Waals surface area contributed by atoms with Crippen LogP contribution in [0.2, 0.25) is 5.02 Å². The third kappa shape index (κ3) is 6.89. The van der Waals surface area contributed by atoms with Crippen LogP contribution in [0, 0.1) is 0 Å². The lowest BCUT2D eigenvalue weighted by atomic mass is 10.1. The molecule has 0 atom stereocenters. The van der Waals surface area contributed by atoms with E-state index in [0.717, 1.165) is 28.1 Å². The molecule has 1 aromatic heterocycles. The SMILES string of the molecule is CC(C)n1ccc2cc(C(=O)C(N)=O)ccc21.Clc1cc(CCCN2CCCC2)ccc1OC1CC1. The fraction of sp³-hybridized carbons (Fsp3) is 0.448. The van der Waals surface area contributed by atoms with Gasteiger partial charge < -0.3 is 19.9 Å². The molecule has 0 unspecified atom stereocenters. The Balaban J connectivity index is 0.000000170. The van der Waals surface area contributed by atoms with Gasteiger partial charge in [0.2, 0.25) is 5.78 Å². The molecule has 1 saturated heterocycles. The molecule has 192 valence electrons. The summed E-state index contributed by atoms with van der Waals surface area (Å²) in [4.78, 5) is 24.8. The number of aromatic nitrogens is 1. The van der Waals surface area contributed by atoms with Gasteiger partial charge in [-0.25, -0.2) is 0 Å². The molecule has 7 heteroatoms. The van der Waals surface area contributed by atoms with Gasteiger partial charge in [-0.05, 0) is 114 Å². The van der Waals surface area contributed by atoms with Crippen LogP contribution in [0.3, 0.4) is 0 Å². The number of fused-ring (bicyclic) bond motifs is 1. The van der Waals surface area contributed by atoms with Gasteiger partial charge in [-0.1, -0.05) is 17.7 Å². The quantitative estimate of drug-likeness (QED) is 0.292. The van der Waals surface area contributed by atoms with E-state index in [1.54, 1.807) is 12.1 Å². The Morgan fingerprint density at radius 1 is 1.08 bits per heavy atom. The number of benzene rings is 2. The predicted molar refractivity (Wildman–Crippen MR) is 145 cm³/mol. The number of likely N-dealkylation sites (tertiary alicyclic amines) is 1. The van der Waals surface area contributed by atoms with E-state index in [-0.39, 0.29) is 0 Å².